The Morgan fingerprint density at radius 2 is 2.33 bits per heavy atom. The first kappa shape index (κ1) is 1.83. The van der Waals surface area contributed by atoms with Gasteiger partial charge in [0.15, 0.2) is 0 Å². The van der Waals surface area contributed by atoms with Gasteiger partial charge in [0.2, 0.25) is 0 Å². The highest BCUT2D eigenvalue weighted by Gasteiger charge is 3.16. The summed E-state index contributed by atoms with van der Waals surface area (Å²) in [5.41, 5.74) is 1.85. The highest BCUT2D eigenvalue weighted by atomic mass is 15.5. The lowest BCUT2D eigenvalue weighted by Crippen LogP contribution is -2.51. The van der Waals surface area contributed by atoms with Gasteiger partial charge in [-0.25, -0.2) is 0 Å². The molecule has 1 heteroatoms. The van der Waals surface area contributed by atoms with Gasteiger partial charge in [-0.3, -0.25) is 0 Å². The maximum Gasteiger partial charge on any atom is 0.0316 e. The highest BCUT2D eigenvalue weighted by Crippen LogP contribution is 3.07. The summed E-state index contributed by atoms with van der Waals surface area (Å²) in [6.45, 7) is 0. The van der Waals surface area contributed by atoms with Crippen LogP contribution in [0.15, 0.2) is 0 Å². The van der Waals surface area contributed by atoms with E-state index in [4.69, 9.17) is 0 Å². The fraction of sp³-hybridized carbons (Fsp3) is 1.00. The summed E-state index contributed by atoms with van der Waals surface area (Å²) in [6.07, 6.45) is 1.55. The van der Waals surface area contributed by atoms with Crippen molar-refractivity contribution in [2.45, 2.75) is 18.0 Å². The van der Waals surface area contributed by atoms with Gasteiger partial charge >= 0.3 is 0 Å². The number of hydrogen-bond acceptors (Lipinski definition) is 1. The van der Waals surface area contributed by atoms with Crippen LogP contribution in [0.1, 0.15) is 6.42 Å². The van der Waals surface area contributed by atoms with Crippen molar-refractivity contribution in [1.29, 1.82) is 0 Å². The smallest absolute Gasteiger partial charge is 0.0316 e. The molecular weight excluding hydrogens is 74.1 g/mol. The Labute approximate surface area is 35.7 Å². The molecule has 4 atom stereocenters. The molecule has 0 amide bonds. The summed E-state index contributed by atoms with van der Waals surface area (Å²) in [7, 11) is 0. The second kappa shape index (κ2) is 0.195. The molecule has 30 valence electrons. The van der Waals surface area contributed by atoms with Crippen LogP contribution in [-0.2, 0) is 0 Å². The zero-order chi connectivity index (χ0) is 3.57. The Morgan fingerprint density at radius 1 is 1.67 bits per heavy atom. The number of rotatable bonds is 0. The Morgan fingerprint density at radius 3 is 2.33 bits per heavy atom. The van der Waals surface area contributed by atoms with Gasteiger partial charge < -0.3 is 5.32 Å². The van der Waals surface area contributed by atoms with Gasteiger partial charge in [-0.2, -0.15) is 0 Å². The van der Waals surface area contributed by atoms with Crippen molar-refractivity contribution < 1.29 is 0 Å². The van der Waals surface area contributed by atoms with Crippen LogP contribution in [0.2, 0.25) is 0 Å². The lowest BCUT2D eigenvalue weighted by Gasteiger charge is -2.27. The summed E-state index contributed by atoms with van der Waals surface area (Å²) in [6, 6.07) is 1.05. The minimum Gasteiger partial charge on any atom is -0.306 e. The van der Waals surface area contributed by atoms with E-state index in [-0.39, 0.29) is 0 Å². The van der Waals surface area contributed by atoms with Crippen LogP contribution >= 0.6 is 0 Å². The summed E-state index contributed by atoms with van der Waals surface area (Å²) in [5.74, 6) is 1.23. The number of piperidine rings is 1. The van der Waals surface area contributed by atoms with Crippen molar-refractivity contribution in [2.24, 2.45) is 11.3 Å². The fourth-order valence-electron chi connectivity index (χ4n) is 2.77. The van der Waals surface area contributed by atoms with E-state index < -0.39 is 0 Å². The Balaban J connectivity index is 2.41. The highest BCUT2D eigenvalue weighted by molar-refractivity contribution is 5.71. The third-order valence-electron chi connectivity index (χ3n) is 3.47. The summed E-state index contributed by atoms with van der Waals surface area (Å²) < 4.78 is 0. The predicted octanol–water partition coefficient (Wildman–Crippen LogP) is -0.270. The molecule has 4 unspecified atom stereocenters. The minimum atomic E-state index is 0.845. The molecule has 3 saturated carbocycles. The van der Waals surface area contributed by atoms with Crippen LogP contribution < -0.4 is 5.32 Å². The standard InChI is InChI=1S/C5H5N/c1-4-2-3(4)6-5(1,2)4/h2-3,6H,1H2. The molecule has 0 radical (unpaired) electrons. The molecule has 2 saturated heterocycles. The van der Waals surface area contributed by atoms with E-state index >= 15 is 0 Å². The first-order chi connectivity index (χ1) is 2.92. The van der Waals surface area contributed by atoms with E-state index in [0.717, 1.165) is 17.0 Å². The molecule has 6 heavy (non-hydrogen) atoms. The van der Waals surface area contributed by atoms with Gasteiger partial charge in [-0.15, -0.1) is 0 Å². The molecule has 0 aromatic carbocycles. The third kappa shape index (κ3) is 0.0268. The second-order valence-corrected chi connectivity index (χ2v) is 3.29. The van der Waals surface area contributed by atoms with Crippen molar-refractivity contribution in [3.63, 3.8) is 0 Å². The fourth-order valence-corrected chi connectivity index (χ4v) is 2.77. The van der Waals surface area contributed by atoms with Gasteiger partial charge in [0, 0.05) is 22.9 Å². The maximum atomic E-state index is 3.48. The predicted molar refractivity (Wildman–Crippen MR) is 20.2 cm³/mol. The molecule has 1 N–H and O–H groups in total. The molecule has 2 bridgehead atoms. The maximum absolute atomic E-state index is 3.48. The van der Waals surface area contributed by atoms with Crippen LogP contribution in [0.25, 0.3) is 0 Å². The molecule has 2 heterocycles. The Kier molecular flexibility index (Phi) is 0.0594. The molecule has 0 aromatic heterocycles. The second-order valence-electron chi connectivity index (χ2n) is 3.29. The Hall–Kier alpha value is -0.0400. The largest absolute Gasteiger partial charge is 0.306 e. The van der Waals surface area contributed by atoms with Gasteiger partial charge in [-0.05, 0) is 6.42 Å². The van der Waals surface area contributed by atoms with Crippen molar-refractivity contribution in [2.75, 3.05) is 0 Å². The van der Waals surface area contributed by atoms with Crippen LogP contribution in [0, 0.1) is 11.3 Å². The van der Waals surface area contributed by atoms with E-state index in [9.17, 15) is 0 Å². The lowest BCUT2D eigenvalue weighted by molar-refractivity contribution is 0.321. The zero-order valence-corrected chi connectivity index (χ0v) is 3.36. The topological polar surface area (TPSA) is 12.0 Å². The average molecular weight is 79.1 g/mol. The van der Waals surface area contributed by atoms with Crippen molar-refractivity contribution in [3.05, 3.63) is 0 Å². The molecule has 2 spiro atoms. The monoisotopic (exact) mass is 79.0 g/mol. The van der Waals surface area contributed by atoms with Crippen molar-refractivity contribution in [3.8, 4) is 0 Å². The van der Waals surface area contributed by atoms with E-state index in [0.29, 0.717) is 0 Å². The molecule has 0 aromatic rings. The zero-order valence-electron chi connectivity index (χ0n) is 3.36. The van der Waals surface area contributed by atoms with Crippen molar-refractivity contribution in [1.82, 2.24) is 5.32 Å². The minimum absolute atomic E-state index is 0.845. The Bertz CT molecular complexity index is 155. The molecule has 5 rings (SSSR count). The molecule has 3 aliphatic carbocycles. The van der Waals surface area contributed by atoms with E-state index in [1.54, 1.807) is 6.42 Å². The molecular formula is C5H5N. The number of nitrogens with one attached hydrogen (secondary N) is 1. The van der Waals surface area contributed by atoms with Gasteiger partial charge in [-0.1, -0.05) is 0 Å². The summed E-state index contributed by atoms with van der Waals surface area (Å²) in [5, 5.41) is 3.48. The lowest BCUT2D eigenvalue weighted by atomic mass is 10.1. The van der Waals surface area contributed by atoms with Crippen LogP contribution in [0.5, 0.6) is 0 Å². The van der Waals surface area contributed by atoms with Gasteiger partial charge in [0.1, 0.15) is 0 Å². The van der Waals surface area contributed by atoms with E-state index in [1.807, 2.05) is 0 Å². The van der Waals surface area contributed by atoms with Crippen LogP contribution in [0.4, 0.5) is 0 Å². The van der Waals surface area contributed by atoms with Crippen LogP contribution in [0.3, 0.4) is 0 Å². The third-order valence-corrected chi connectivity index (χ3v) is 3.47. The normalized spacial score (nSPS) is 108. The quantitative estimate of drug-likeness (QED) is 0.421. The molecule has 2 aliphatic heterocycles. The van der Waals surface area contributed by atoms with E-state index in [1.165, 1.54) is 5.92 Å². The van der Waals surface area contributed by atoms with Crippen molar-refractivity contribution >= 4 is 0 Å². The van der Waals surface area contributed by atoms with Crippen LogP contribution in [-0.4, -0.2) is 11.6 Å². The van der Waals surface area contributed by atoms with Gasteiger partial charge in [0.05, 0.1) is 0 Å². The summed E-state index contributed by atoms with van der Waals surface area (Å²) in [4.78, 5) is 0. The number of hydrogen-bond donors (Lipinski definition) is 1. The molecule has 1 nitrogen and oxygen atoms in total. The first-order valence-corrected chi connectivity index (χ1v) is 2.70. The SMILES string of the molecule is C1C23NC4C2C143. The average Bonchev–Trinajstić information content (AvgIpc) is 2.16. The van der Waals surface area contributed by atoms with Gasteiger partial charge in [0.25, 0.3) is 0 Å². The molecule has 5 fully saturated rings. The molecule has 5 aliphatic rings. The van der Waals surface area contributed by atoms with E-state index in [2.05, 4.69) is 5.32 Å². The summed E-state index contributed by atoms with van der Waals surface area (Å²) >= 11 is 0. The first-order valence-electron chi connectivity index (χ1n) is 2.70.